The van der Waals surface area contributed by atoms with Crippen molar-refractivity contribution in [2.75, 3.05) is 13.2 Å². The van der Waals surface area contributed by atoms with E-state index in [-0.39, 0.29) is 18.1 Å². The van der Waals surface area contributed by atoms with Crippen LogP contribution in [0.5, 0.6) is 0 Å². The van der Waals surface area contributed by atoms with E-state index in [2.05, 4.69) is 19.2 Å². The van der Waals surface area contributed by atoms with E-state index in [1.807, 2.05) is 51.1 Å². The van der Waals surface area contributed by atoms with Crippen molar-refractivity contribution >= 4 is 6.09 Å². The van der Waals surface area contributed by atoms with E-state index >= 15 is 0 Å². The summed E-state index contributed by atoms with van der Waals surface area (Å²) in [6.45, 7) is 10.7. The van der Waals surface area contributed by atoms with Gasteiger partial charge in [0.15, 0.2) is 0 Å². The van der Waals surface area contributed by atoms with Gasteiger partial charge in [0.05, 0.1) is 19.3 Å². The van der Waals surface area contributed by atoms with Crippen molar-refractivity contribution in [2.24, 2.45) is 5.41 Å². The van der Waals surface area contributed by atoms with E-state index in [9.17, 15) is 9.90 Å². The number of carbonyl (C=O) groups is 1. The molecule has 5 nitrogen and oxygen atoms in total. The number of amides is 1. The lowest BCUT2D eigenvalue weighted by atomic mass is 9.83. The van der Waals surface area contributed by atoms with Crippen LogP contribution in [0.2, 0.25) is 0 Å². The molecule has 0 spiro atoms. The van der Waals surface area contributed by atoms with Gasteiger partial charge in [-0.3, -0.25) is 0 Å². The molecule has 0 saturated heterocycles. The topological polar surface area (TPSA) is 67.8 Å². The van der Waals surface area contributed by atoms with Crippen LogP contribution >= 0.6 is 0 Å². The monoisotopic (exact) mass is 351 g/mol. The highest BCUT2D eigenvalue weighted by molar-refractivity contribution is 5.67. The van der Waals surface area contributed by atoms with Crippen molar-refractivity contribution in [2.45, 2.75) is 65.8 Å². The van der Waals surface area contributed by atoms with E-state index in [4.69, 9.17) is 9.47 Å². The van der Waals surface area contributed by atoms with E-state index in [1.54, 1.807) is 0 Å². The van der Waals surface area contributed by atoms with E-state index in [0.717, 1.165) is 12.0 Å². The summed E-state index contributed by atoms with van der Waals surface area (Å²) < 4.78 is 11.1. The molecular formula is C20H33NO4. The normalized spacial score (nSPS) is 13.4. The van der Waals surface area contributed by atoms with E-state index in [1.165, 1.54) is 0 Å². The Bertz CT molecular complexity index is 508. The first-order chi connectivity index (χ1) is 11.6. The molecule has 2 N–H and O–H groups in total. The van der Waals surface area contributed by atoms with Crippen LogP contribution in [0.3, 0.4) is 0 Å². The minimum Gasteiger partial charge on any atom is -0.444 e. The average Bonchev–Trinajstić information content (AvgIpc) is 2.50. The van der Waals surface area contributed by atoms with Gasteiger partial charge in [-0.05, 0) is 44.6 Å². The predicted octanol–water partition coefficient (Wildman–Crippen LogP) is 3.90. The molecule has 25 heavy (non-hydrogen) atoms. The third-order valence-corrected chi connectivity index (χ3v) is 3.78. The molecule has 0 aliphatic carbocycles. The molecule has 0 heterocycles. The molecule has 0 saturated carbocycles. The third kappa shape index (κ3) is 10.1. The Morgan fingerprint density at radius 2 is 1.80 bits per heavy atom. The second kappa shape index (κ2) is 9.78. The fraction of sp³-hybridized carbons (Fsp3) is 0.650. The quantitative estimate of drug-likeness (QED) is 0.708. The van der Waals surface area contributed by atoms with Crippen LogP contribution in [0.1, 0.15) is 53.0 Å². The molecule has 0 bridgehead atoms. The van der Waals surface area contributed by atoms with Gasteiger partial charge in [0.1, 0.15) is 5.60 Å². The minimum atomic E-state index is -0.493. The molecule has 1 rings (SSSR count). The number of ether oxygens (including phenoxy) is 2. The number of carbonyl (C=O) groups excluding carboxylic acids is 1. The summed E-state index contributed by atoms with van der Waals surface area (Å²) in [5.41, 5.74) is 0.525. The predicted molar refractivity (Wildman–Crippen MR) is 99.4 cm³/mol. The first-order valence-electron chi connectivity index (χ1n) is 8.84. The van der Waals surface area contributed by atoms with Crippen molar-refractivity contribution in [1.29, 1.82) is 0 Å². The van der Waals surface area contributed by atoms with Crippen molar-refractivity contribution in [1.82, 2.24) is 5.32 Å². The van der Waals surface area contributed by atoms with Crippen molar-refractivity contribution in [3.05, 3.63) is 35.9 Å². The second-order valence-electron chi connectivity index (χ2n) is 8.15. The molecule has 0 aromatic heterocycles. The van der Waals surface area contributed by atoms with Crippen molar-refractivity contribution in [3.63, 3.8) is 0 Å². The largest absolute Gasteiger partial charge is 0.444 e. The molecule has 1 amide bonds. The summed E-state index contributed by atoms with van der Waals surface area (Å²) in [6, 6.07) is 9.92. The first kappa shape index (κ1) is 21.5. The number of alkyl carbamates (subject to hydrolysis) is 1. The molecule has 0 fully saturated rings. The van der Waals surface area contributed by atoms with Gasteiger partial charge in [0.2, 0.25) is 0 Å². The molecule has 0 aliphatic rings. The second-order valence-corrected chi connectivity index (χ2v) is 8.15. The summed E-state index contributed by atoms with van der Waals surface area (Å²) in [4.78, 5) is 11.7. The maximum atomic E-state index is 11.7. The Kier molecular flexibility index (Phi) is 8.39. The van der Waals surface area contributed by atoms with E-state index < -0.39 is 11.7 Å². The summed E-state index contributed by atoms with van der Waals surface area (Å²) in [7, 11) is 0. The van der Waals surface area contributed by atoms with Crippen LogP contribution in [0.25, 0.3) is 0 Å². The minimum absolute atomic E-state index is 0.0181. The number of benzene rings is 1. The molecule has 0 radical (unpaired) electrons. The third-order valence-electron chi connectivity index (χ3n) is 3.78. The molecule has 1 atom stereocenters. The molecule has 142 valence electrons. The number of aliphatic hydroxyl groups excluding tert-OH is 1. The van der Waals surface area contributed by atoms with Crippen LogP contribution in [0, 0.1) is 5.41 Å². The van der Waals surface area contributed by atoms with Gasteiger partial charge in [-0.1, -0.05) is 44.2 Å². The molecule has 1 aromatic rings. The maximum absolute atomic E-state index is 11.7. The lowest BCUT2D eigenvalue weighted by molar-refractivity contribution is -0.0229. The van der Waals surface area contributed by atoms with Gasteiger partial charge >= 0.3 is 6.09 Å². The van der Waals surface area contributed by atoms with Crippen LogP contribution in [-0.2, 0) is 16.1 Å². The molecule has 0 aliphatic heterocycles. The Hall–Kier alpha value is -1.59. The van der Waals surface area contributed by atoms with Crippen molar-refractivity contribution in [3.8, 4) is 0 Å². The molecule has 5 heteroatoms. The zero-order chi connectivity index (χ0) is 18.9. The number of nitrogens with one attached hydrogen (secondary N) is 1. The SMILES string of the molecule is CC(C)(CCNC(=O)OC(C)(C)C)C[C@@H](CO)OCc1ccccc1. The number of hydrogen-bond donors (Lipinski definition) is 2. The summed E-state index contributed by atoms with van der Waals surface area (Å²) in [5, 5.41) is 12.4. The smallest absolute Gasteiger partial charge is 0.407 e. The number of hydrogen-bond acceptors (Lipinski definition) is 4. The highest BCUT2D eigenvalue weighted by atomic mass is 16.6. The van der Waals surface area contributed by atoms with Gasteiger partial charge < -0.3 is 19.9 Å². The average molecular weight is 351 g/mol. The van der Waals surface area contributed by atoms with Gasteiger partial charge in [-0.2, -0.15) is 0 Å². The summed E-state index contributed by atoms with van der Waals surface area (Å²) in [5.74, 6) is 0. The highest BCUT2D eigenvalue weighted by Crippen LogP contribution is 2.27. The molecule has 1 aromatic carbocycles. The fourth-order valence-electron chi connectivity index (χ4n) is 2.50. The Balaban J connectivity index is 2.36. The van der Waals surface area contributed by atoms with Gasteiger partial charge in [-0.15, -0.1) is 0 Å². The van der Waals surface area contributed by atoms with Crippen LogP contribution in [0.4, 0.5) is 4.79 Å². The van der Waals surface area contributed by atoms with Crippen LogP contribution in [-0.4, -0.2) is 36.1 Å². The first-order valence-corrected chi connectivity index (χ1v) is 8.84. The van der Waals surface area contributed by atoms with E-state index in [0.29, 0.717) is 19.6 Å². The summed E-state index contributed by atoms with van der Waals surface area (Å²) in [6.07, 6.45) is 0.864. The number of aliphatic hydroxyl groups is 1. The maximum Gasteiger partial charge on any atom is 0.407 e. The zero-order valence-corrected chi connectivity index (χ0v) is 16.2. The Labute approximate surface area is 151 Å². The lowest BCUT2D eigenvalue weighted by Gasteiger charge is -2.29. The Morgan fingerprint density at radius 3 is 2.36 bits per heavy atom. The van der Waals surface area contributed by atoms with Gasteiger partial charge in [0, 0.05) is 6.54 Å². The standard InChI is InChI=1S/C20H33NO4/c1-19(2,3)25-18(23)21-12-11-20(4,5)13-17(14-22)24-15-16-9-7-6-8-10-16/h6-10,17,22H,11-15H2,1-5H3,(H,21,23)/t17-/m0/s1. The highest BCUT2D eigenvalue weighted by Gasteiger charge is 2.24. The van der Waals surface area contributed by atoms with Crippen LogP contribution in [0.15, 0.2) is 30.3 Å². The van der Waals surface area contributed by atoms with Gasteiger partial charge in [-0.25, -0.2) is 4.79 Å². The zero-order valence-electron chi connectivity index (χ0n) is 16.2. The molecule has 0 unspecified atom stereocenters. The number of rotatable bonds is 9. The molecular weight excluding hydrogens is 318 g/mol. The Morgan fingerprint density at radius 1 is 1.16 bits per heavy atom. The fourth-order valence-corrected chi connectivity index (χ4v) is 2.50. The van der Waals surface area contributed by atoms with Crippen molar-refractivity contribution < 1.29 is 19.4 Å². The van der Waals surface area contributed by atoms with Crippen LogP contribution < -0.4 is 5.32 Å². The lowest BCUT2D eigenvalue weighted by Crippen LogP contribution is -2.35. The van der Waals surface area contributed by atoms with Gasteiger partial charge in [0.25, 0.3) is 0 Å². The summed E-state index contributed by atoms with van der Waals surface area (Å²) >= 11 is 0.